The number of fused-ring (bicyclic) bond motifs is 1. The molecule has 0 fully saturated rings. The van der Waals surface area contributed by atoms with E-state index in [0.29, 0.717) is 17.7 Å². The third-order valence-electron chi connectivity index (χ3n) is 2.73. The summed E-state index contributed by atoms with van der Waals surface area (Å²) in [5.74, 6) is -0.701. The van der Waals surface area contributed by atoms with Crippen molar-refractivity contribution in [2.45, 2.75) is 24.2 Å². The minimum absolute atomic E-state index is 0.0266. The van der Waals surface area contributed by atoms with Gasteiger partial charge in [-0.15, -0.1) is 0 Å². The SMILES string of the molecule is O=C(O)CCc1ccc2c(c1)S(=O)(=O)CC2. The number of aliphatic carboxylic acids is 1. The molecule has 0 unspecified atom stereocenters. The van der Waals surface area contributed by atoms with Gasteiger partial charge in [-0.05, 0) is 30.0 Å². The Bertz CT molecular complexity index is 531. The molecule has 5 heteroatoms. The van der Waals surface area contributed by atoms with E-state index in [4.69, 9.17) is 5.11 Å². The summed E-state index contributed by atoms with van der Waals surface area (Å²) in [5.41, 5.74) is 1.62. The smallest absolute Gasteiger partial charge is 0.303 e. The van der Waals surface area contributed by atoms with Gasteiger partial charge in [0.25, 0.3) is 0 Å². The van der Waals surface area contributed by atoms with Gasteiger partial charge in [-0.2, -0.15) is 0 Å². The average molecular weight is 240 g/mol. The van der Waals surface area contributed by atoms with Crippen molar-refractivity contribution in [3.05, 3.63) is 29.3 Å². The van der Waals surface area contributed by atoms with Crippen LogP contribution >= 0.6 is 0 Å². The van der Waals surface area contributed by atoms with Gasteiger partial charge in [0.15, 0.2) is 9.84 Å². The van der Waals surface area contributed by atoms with Crippen molar-refractivity contribution in [3.63, 3.8) is 0 Å². The molecule has 0 spiro atoms. The van der Waals surface area contributed by atoms with E-state index >= 15 is 0 Å². The second-order valence-electron chi connectivity index (χ2n) is 3.90. The number of carbonyl (C=O) groups is 1. The van der Waals surface area contributed by atoms with Gasteiger partial charge in [-0.1, -0.05) is 12.1 Å². The summed E-state index contributed by atoms with van der Waals surface area (Å²) in [6, 6.07) is 5.21. The van der Waals surface area contributed by atoms with Crippen LogP contribution < -0.4 is 0 Å². The number of carboxylic acids is 1. The second-order valence-corrected chi connectivity index (χ2v) is 5.98. The Kier molecular flexibility index (Phi) is 2.71. The predicted molar refractivity (Wildman–Crippen MR) is 58.2 cm³/mol. The normalized spacial score (nSPS) is 17.0. The van der Waals surface area contributed by atoms with Crippen LogP contribution in [0.4, 0.5) is 0 Å². The molecule has 0 amide bonds. The zero-order valence-corrected chi connectivity index (χ0v) is 9.46. The summed E-state index contributed by atoms with van der Waals surface area (Å²) < 4.78 is 23.3. The van der Waals surface area contributed by atoms with E-state index in [1.807, 2.05) is 6.07 Å². The third kappa shape index (κ3) is 2.09. The summed E-state index contributed by atoms with van der Waals surface area (Å²) in [4.78, 5) is 10.8. The molecule has 16 heavy (non-hydrogen) atoms. The van der Waals surface area contributed by atoms with Gasteiger partial charge in [0.05, 0.1) is 10.6 Å². The van der Waals surface area contributed by atoms with Gasteiger partial charge >= 0.3 is 5.97 Å². The first-order chi connectivity index (χ1) is 7.49. The van der Waals surface area contributed by atoms with Crippen molar-refractivity contribution >= 4 is 15.8 Å². The molecule has 0 aliphatic carbocycles. The zero-order valence-electron chi connectivity index (χ0n) is 8.64. The Morgan fingerprint density at radius 2 is 2.12 bits per heavy atom. The van der Waals surface area contributed by atoms with Crippen LogP contribution in [0.25, 0.3) is 0 Å². The van der Waals surface area contributed by atoms with E-state index in [1.54, 1.807) is 12.1 Å². The van der Waals surface area contributed by atoms with Gasteiger partial charge in [0.1, 0.15) is 0 Å². The van der Waals surface area contributed by atoms with Gasteiger partial charge in [-0.25, -0.2) is 8.42 Å². The highest BCUT2D eigenvalue weighted by Gasteiger charge is 2.25. The van der Waals surface area contributed by atoms with Gasteiger partial charge < -0.3 is 5.11 Å². The van der Waals surface area contributed by atoms with Crippen LogP contribution in [-0.4, -0.2) is 25.2 Å². The molecule has 0 aromatic heterocycles. The second kappa shape index (κ2) is 3.90. The number of benzene rings is 1. The fourth-order valence-corrected chi connectivity index (χ4v) is 3.47. The molecule has 0 bridgehead atoms. The van der Waals surface area contributed by atoms with E-state index in [9.17, 15) is 13.2 Å². The fraction of sp³-hybridized carbons (Fsp3) is 0.364. The maximum absolute atomic E-state index is 11.6. The monoisotopic (exact) mass is 240 g/mol. The molecule has 0 saturated carbocycles. The van der Waals surface area contributed by atoms with Crippen LogP contribution in [0.2, 0.25) is 0 Å². The highest BCUT2D eigenvalue weighted by atomic mass is 32.2. The van der Waals surface area contributed by atoms with Crippen molar-refractivity contribution in [1.82, 2.24) is 0 Å². The van der Waals surface area contributed by atoms with Crippen LogP contribution in [0.1, 0.15) is 17.5 Å². The molecule has 1 aromatic carbocycles. The minimum atomic E-state index is -3.11. The van der Waals surface area contributed by atoms with Crippen molar-refractivity contribution in [2.24, 2.45) is 0 Å². The lowest BCUT2D eigenvalue weighted by Crippen LogP contribution is -2.01. The van der Waals surface area contributed by atoms with Crippen LogP contribution in [0.3, 0.4) is 0 Å². The molecule has 1 aromatic rings. The van der Waals surface area contributed by atoms with Crippen LogP contribution in [0, 0.1) is 0 Å². The van der Waals surface area contributed by atoms with Crippen molar-refractivity contribution in [2.75, 3.05) is 5.75 Å². The lowest BCUT2D eigenvalue weighted by molar-refractivity contribution is -0.136. The van der Waals surface area contributed by atoms with Gasteiger partial charge in [0, 0.05) is 6.42 Å². The molecule has 1 aliphatic rings. The van der Waals surface area contributed by atoms with Gasteiger partial charge in [-0.3, -0.25) is 4.79 Å². The highest BCUT2D eigenvalue weighted by molar-refractivity contribution is 7.91. The van der Waals surface area contributed by atoms with Crippen molar-refractivity contribution in [1.29, 1.82) is 0 Å². The summed E-state index contributed by atoms with van der Waals surface area (Å²) in [5, 5.41) is 8.55. The minimum Gasteiger partial charge on any atom is -0.481 e. The molecule has 1 heterocycles. The van der Waals surface area contributed by atoms with Crippen LogP contribution in [-0.2, 0) is 27.5 Å². The molecule has 1 N–H and O–H groups in total. The quantitative estimate of drug-likeness (QED) is 0.856. The number of rotatable bonds is 3. The molecule has 0 atom stereocenters. The summed E-state index contributed by atoms with van der Waals surface area (Å²) in [6.45, 7) is 0. The molecular weight excluding hydrogens is 228 g/mol. The topological polar surface area (TPSA) is 71.4 Å². The summed E-state index contributed by atoms with van der Waals surface area (Å²) in [6.07, 6.45) is 0.966. The fourth-order valence-electron chi connectivity index (χ4n) is 1.86. The standard InChI is InChI=1S/C11H12O4S/c12-11(13)4-2-8-1-3-9-5-6-16(14,15)10(9)7-8/h1,3,7H,2,4-6H2,(H,12,13). The van der Waals surface area contributed by atoms with Crippen LogP contribution in [0.15, 0.2) is 23.1 Å². The maximum atomic E-state index is 11.6. The van der Waals surface area contributed by atoms with Crippen LogP contribution in [0.5, 0.6) is 0 Å². The Labute approximate surface area is 93.8 Å². The van der Waals surface area contributed by atoms with E-state index in [-0.39, 0.29) is 12.2 Å². The third-order valence-corrected chi connectivity index (χ3v) is 4.53. The molecule has 0 saturated heterocycles. The van der Waals surface area contributed by atoms with E-state index in [2.05, 4.69) is 0 Å². The van der Waals surface area contributed by atoms with Crippen molar-refractivity contribution < 1.29 is 18.3 Å². The first-order valence-electron chi connectivity index (χ1n) is 5.05. The number of hydrogen-bond donors (Lipinski definition) is 1. The summed E-state index contributed by atoms with van der Waals surface area (Å²) in [7, 11) is -3.11. The Balaban J connectivity index is 2.29. The summed E-state index contributed by atoms with van der Waals surface area (Å²) >= 11 is 0. The molecule has 86 valence electrons. The number of hydrogen-bond acceptors (Lipinski definition) is 3. The first-order valence-corrected chi connectivity index (χ1v) is 6.70. The number of aryl methyl sites for hydroxylation is 2. The predicted octanol–water partition coefficient (Wildman–Crippen LogP) is 1.03. The Morgan fingerprint density at radius 3 is 2.81 bits per heavy atom. The van der Waals surface area contributed by atoms with E-state index < -0.39 is 15.8 Å². The largest absolute Gasteiger partial charge is 0.481 e. The van der Waals surface area contributed by atoms with Gasteiger partial charge in [0.2, 0.25) is 0 Å². The zero-order chi connectivity index (χ0) is 11.8. The van der Waals surface area contributed by atoms with E-state index in [1.165, 1.54) is 0 Å². The Morgan fingerprint density at radius 1 is 1.38 bits per heavy atom. The number of carboxylic acid groups (broad SMARTS) is 1. The molecule has 2 rings (SSSR count). The first kappa shape index (κ1) is 11.1. The molecular formula is C11H12O4S. The lowest BCUT2D eigenvalue weighted by atomic mass is 10.1. The Hall–Kier alpha value is -1.36. The molecule has 1 aliphatic heterocycles. The highest BCUT2D eigenvalue weighted by Crippen LogP contribution is 2.27. The van der Waals surface area contributed by atoms with E-state index in [0.717, 1.165) is 11.1 Å². The maximum Gasteiger partial charge on any atom is 0.303 e. The molecule has 4 nitrogen and oxygen atoms in total. The average Bonchev–Trinajstić information content (AvgIpc) is 2.52. The molecule has 0 radical (unpaired) electrons. The number of sulfone groups is 1. The van der Waals surface area contributed by atoms with Crippen molar-refractivity contribution in [3.8, 4) is 0 Å². The lowest BCUT2D eigenvalue weighted by Gasteiger charge is -2.02.